The predicted octanol–water partition coefficient (Wildman–Crippen LogP) is 2.02. The number of urea groups is 1. The van der Waals surface area contributed by atoms with Crippen molar-refractivity contribution in [1.82, 2.24) is 9.29 Å². The molecule has 0 N–H and O–H groups in total. The number of pyridine rings is 1. The Bertz CT molecular complexity index is 806. The van der Waals surface area contributed by atoms with E-state index in [1.54, 1.807) is 30.3 Å². The maximum atomic E-state index is 12.5. The Hall–Kier alpha value is -2.41. The Balaban J connectivity index is 1.91. The van der Waals surface area contributed by atoms with Crippen molar-refractivity contribution < 1.29 is 13.2 Å². The van der Waals surface area contributed by atoms with E-state index >= 15 is 0 Å². The second-order valence-corrected chi connectivity index (χ2v) is 6.82. The van der Waals surface area contributed by atoms with E-state index in [4.69, 9.17) is 0 Å². The van der Waals surface area contributed by atoms with Gasteiger partial charge in [0.2, 0.25) is 0 Å². The number of aryl methyl sites for hydroxylation is 1. The molecule has 2 amide bonds. The van der Waals surface area contributed by atoms with Crippen LogP contribution in [0.4, 0.5) is 10.6 Å². The molecule has 1 aliphatic heterocycles. The maximum Gasteiger partial charge on any atom is 0.339 e. The minimum Gasteiger partial charge on any atom is -0.276 e. The molecule has 3 rings (SSSR count). The topological polar surface area (TPSA) is 70.6 Å². The van der Waals surface area contributed by atoms with Gasteiger partial charge in [-0.25, -0.2) is 22.5 Å². The minimum absolute atomic E-state index is 0.113. The van der Waals surface area contributed by atoms with Crippen molar-refractivity contribution in [3.63, 3.8) is 0 Å². The average molecular weight is 317 g/mol. The van der Waals surface area contributed by atoms with Crippen LogP contribution >= 0.6 is 0 Å². The van der Waals surface area contributed by atoms with Crippen LogP contribution in [0.25, 0.3) is 0 Å². The van der Waals surface area contributed by atoms with E-state index < -0.39 is 16.1 Å². The van der Waals surface area contributed by atoms with Crippen LogP contribution in [0, 0.1) is 6.92 Å². The number of sulfonamides is 1. The fourth-order valence-corrected chi connectivity index (χ4v) is 3.73. The zero-order chi connectivity index (χ0) is 15.7. The van der Waals surface area contributed by atoms with E-state index in [0.29, 0.717) is 12.4 Å². The molecule has 22 heavy (non-hydrogen) atoms. The fourth-order valence-electron chi connectivity index (χ4n) is 2.35. The highest BCUT2D eigenvalue weighted by atomic mass is 32.2. The van der Waals surface area contributed by atoms with Gasteiger partial charge >= 0.3 is 6.03 Å². The van der Waals surface area contributed by atoms with E-state index in [0.717, 1.165) is 10.00 Å². The largest absolute Gasteiger partial charge is 0.339 e. The van der Waals surface area contributed by atoms with Gasteiger partial charge in [0.25, 0.3) is 10.0 Å². The molecule has 2 aromatic rings. The third-order valence-corrected chi connectivity index (χ3v) is 5.24. The van der Waals surface area contributed by atoms with Crippen LogP contribution in [0.2, 0.25) is 0 Å². The minimum atomic E-state index is -3.82. The lowest BCUT2D eigenvalue weighted by molar-refractivity contribution is 0.239. The van der Waals surface area contributed by atoms with Gasteiger partial charge in [0.1, 0.15) is 5.82 Å². The van der Waals surface area contributed by atoms with Crippen molar-refractivity contribution in [2.45, 2.75) is 11.8 Å². The highest BCUT2D eigenvalue weighted by molar-refractivity contribution is 7.89. The number of hydrogen-bond acceptors (Lipinski definition) is 4. The highest BCUT2D eigenvalue weighted by Gasteiger charge is 2.38. The summed E-state index contributed by atoms with van der Waals surface area (Å²) < 4.78 is 26.0. The quantitative estimate of drug-likeness (QED) is 0.868. The molecule has 1 saturated heterocycles. The SMILES string of the molecule is Cc1cccc(N2CCN(S(=O)(=O)c3ccccc3)C2=O)n1. The summed E-state index contributed by atoms with van der Waals surface area (Å²) in [5, 5.41) is 0. The summed E-state index contributed by atoms with van der Waals surface area (Å²) in [7, 11) is -3.82. The molecule has 0 aliphatic carbocycles. The maximum absolute atomic E-state index is 12.5. The van der Waals surface area contributed by atoms with Gasteiger partial charge < -0.3 is 0 Å². The smallest absolute Gasteiger partial charge is 0.276 e. The van der Waals surface area contributed by atoms with Crippen LogP contribution in [0.15, 0.2) is 53.4 Å². The Morgan fingerprint density at radius 2 is 1.73 bits per heavy atom. The van der Waals surface area contributed by atoms with Gasteiger partial charge in [0, 0.05) is 12.2 Å². The predicted molar refractivity (Wildman–Crippen MR) is 82.0 cm³/mol. The average Bonchev–Trinajstić information content (AvgIpc) is 2.90. The molecule has 1 aromatic carbocycles. The van der Waals surface area contributed by atoms with Crippen molar-refractivity contribution in [2.24, 2.45) is 0 Å². The number of aromatic nitrogens is 1. The number of amides is 2. The summed E-state index contributed by atoms with van der Waals surface area (Å²) in [5.74, 6) is 0.468. The molecule has 0 spiro atoms. The second-order valence-electron chi connectivity index (χ2n) is 4.96. The molecule has 0 atom stereocenters. The van der Waals surface area contributed by atoms with Gasteiger partial charge in [-0.3, -0.25) is 4.90 Å². The molecule has 7 heteroatoms. The Morgan fingerprint density at radius 3 is 2.41 bits per heavy atom. The molecule has 1 aromatic heterocycles. The van der Waals surface area contributed by atoms with E-state index in [9.17, 15) is 13.2 Å². The van der Waals surface area contributed by atoms with Crippen LogP contribution in [-0.4, -0.2) is 36.8 Å². The number of benzene rings is 1. The lowest BCUT2D eigenvalue weighted by Crippen LogP contribution is -2.36. The summed E-state index contributed by atoms with van der Waals surface area (Å²) >= 11 is 0. The van der Waals surface area contributed by atoms with Crippen molar-refractivity contribution >= 4 is 21.9 Å². The number of nitrogens with zero attached hydrogens (tertiary/aromatic N) is 3. The van der Waals surface area contributed by atoms with Gasteiger partial charge in [0.15, 0.2) is 0 Å². The molecule has 2 heterocycles. The standard InChI is InChI=1S/C15H15N3O3S/c1-12-6-5-9-14(16-12)17-10-11-18(15(17)19)22(20,21)13-7-3-2-4-8-13/h2-9H,10-11H2,1H3. The summed E-state index contributed by atoms with van der Waals surface area (Å²) in [4.78, 5) is 18.2. The molecule has 0 bridgehead atoms. The fraction of sp³-hybridized carbons (Fsp3) is 0.200. The summed E-state index contributed by atoms with van der Waals surface area (Å²) in [6.07, 6.45) is 0. The van der Waals surface area contributed by atoms with Crippen molar-refractivity contribution in [3.8, 4) is 0 Å². The van der Waals surface area contributed by atoms with E-state index in [1.807, 2.05) is 13.0 Å². The Labute approximate surface area is 129 Å². The van der Waals surface area contributed by atoms with Gasteiger partial charge in [-0.05, 0) is 31.2 Å². The van der Waals surface area contributed by atoms with Crippen molar-refractivity contribution in [1.29, 1.82) is 0 Å². The molecule has 1 aliphatic rings. The van der Waals surface area contributed by atoms with Crippen LogP contribution in [0.3, 0.4) is 0 Å². The molecule has 114 valence electrons. The number of hydrogen-bond donors (Lipinski definition) is 0. The number of rotatable bonds is 3. The molecular weight excluding hydrogens is 302 g/mol. The van der Waals surface area contributed by atoms with Gasteiger partial charge in [-0.1, -0.05) is 24.3 Å². The Kier molecular flexibility index (Phi) is 3.58. The van der Waals surface area contributed by atoms with Crippen LogP contribution in [0.5, 0.6) is 0 Å². The molecule has 0 saturated carbocycles. The van der Waals surface area contributed by atoms with Gasteiger partial charge in [-0.2, -0.15) is 0 Å². The molecule has 0 radical (unpaired) electrons. The summed E-state index contributed by atoms with van der Waals surface area (Å²) in [6, 6.07) is 12.7. The van der Waals surface area contributed by atoms with Gasteiger partial charge in [-0.15, -0.1) is 0 Å². The molecule has 0 unspecified atom stereocenters. The molecule has 6 nitrogen and oxygen atoms in total. The first kappa shape index (κ1) is 14.5. The van der Waals surface area contributed by atoms with E-state index in [1.165, 1.54) is 17.0 Å². The highest BCUT2D eigenvalue weighted by Crippen LogP contribution is 2.24. The van der Waals surface area contributed by atoms with Crippen molar-refractivity contribution in [2.75, 3.05) is 18.0 Å². The Morgan fingerprint density at radius 1 is 1.00 bits per heavy atom. The number of carbonyl (C=O) groups is 1. The zero-order valence-corrected chi connectivity index (χ0v) is 12.8. The van der Waals surface area contributed by atoms with E-state index in [2.05, 4.69) is 4.98 Å². The second kappa shape index (κ2) is 5.42. The van der Waals surface area contributed by atoms with E-state index in [-0.39, 0.29) is 11.4 Å². The monoisotopic (exact) mass is 317 g/mol. The lowest BCUT2D eigenvalue weighted by atomic mass is 10.3. The third kappa shape index (κ3) is 2.43. The first-order valence-corrected chi connectivity index (χ1v) is 8.27. The first-order chi connectivity index (χ1) is 10.5. The normalized spacial score (nSPS) is 15.4. The number of anilines is 1. The summed E-state index contributed by atoms with van der Waals surface area (Å²) in [6.45, 7) is 2.23. The molecule has 1 fully saturated rings. The van der Waals surface area contributed by atoms with Crippen LogP contribution in [-0.2, 0) is 10.0 Å². The third-order valence-electron chi connectivity index (χ3n) is 3.45. The lowest BCUT2D eigenvalue weighted by Gasteiger charge is -2.18. The van der Waals surface area contributed by atoms with Crippen LogP contribution < -0.4 is 4.90 Å². The summed E-state index contributed by atoms with van der Waals surface area (Å²) in [5.41, 5.74) is 0.773. The van der Waals surface area contributed by atoms with Crippen LogP contribution in [0.1, 0.15) is 5.69 Å². The number of carbonyl (C=O) groups excluding carboxylic acids is 1. The van der Waals surface area contributed by atoms with Crippen molar-refractivity contribution in [3.05, 3.63) is 54.2 Å². The zero-order valence-electron chi connectivity index (χ0n) is 12.0. The van der Waals surface area contributed by atoms with Gasteiger partial charge in [0.05, 0.1) is 11.4 Å². The first-order valence-electron chi connectivity index (χ1n) is 6.83. The molecular formula is C15H15N3O3S.